The Balaban J connectivity index is 1.43. The highest BCUT2D eigenvalue weighted by molar-refractivity contribution is 7.14. The molecule has 1 unspecified atom stereocenters. The molecule has 0 saturated carbocycles. The fourth-order valence-electron chi connectivity index (χ4n) is 3.19. The lowest BCUT2D eigenvalue weighted by Gasteiger charge is -2.31. The standard InChI is InChI=1S/C19H17Cl2N5OS/c20-13-4-5-14(15(21)9-13)16-11-28-19(24-16)25-17(27)12-3-1-8-26(10-12)18-22-6-2-7-23-18/h2,4-7,9,11-12H,1,3,8,10H2,(H,24,25,27). The number of hydrogen-bond acceptors (Lipinski definition) is 6. The minimum atomic E-state index is -0.135. The van der Waals surface area contributed by atoms with Crippen molar-refractivity contribution < 1.29 is 4.79 Å². The molecule has 3 heterocycles. The first kappa shape index (κ1) is 19.1. The molecule has 6 nitrogen and oxygen atoms in total. The minimum absolute atomic E-state index is 0.0382. The Labute approximate surface area is 176 Å². The molecule has 0 radical (unpaired) electrons. The van der Waals surface area contributed by atoms with E-state index in [9.17, 15) is 4.79 Å². The van der Waals surface area contributed by atoms with Gasteiger partial charge in [-0.2, -0.15) is 0 Å². The second kappa shape index (κ2) is 8.43. The van der Waals surface area contributed by atoms with Crippen LogP contribution in [0.1, 0.15) is 12.8 Å². The molecule has 3 aromatic rings. The topological polar surface area (TPSA) is 71.0 Å². The Kier molecular flexibility index (Phi) is 5.75. The van der Waals surface area contributed by atoms with Gasteiger partial charge in [-0.15, -0.1) is 11.3 Å². The lowest BCUT2D eigenvalue weighted by Crippen LogP contribution is -2.41. The first-order valence-corrected chi connectivity index (χ1v) is 10.5. The van der Waals surface area contributed by atoms with Crippen LogP contribution < -0.4 is 10.2 Å². The maximum Gasteiger partial charge on any atom is 0.231 e. The Morgan fingerprint density at radius 3 is 2.86 bits per heavy atom. The number of amides is 1. The van der Waals surface area contributed by atoms with Crippen LogP contribution in [0.25, 0.3) is 11.3 Å². The number of hydrogen-bond donors (Lipinski definition) is 1. The Morgan fingerprint density at radius 2 is 2.07 bits per heavy atom. The smallest absolute Gasteiger partial charge is 0.231 e. The van der Waals surface area contributed by atoms with Gasteiger partial charge in [0.25, 0.3) is 0 Å². The number of carbonyl (C=O) groups excluding carboxylic acids is 1. The van der Waals surface area contributed by atoms with Gasteiger partial charge in [0.2, 0.25) is 11.9 Å². The second-order valence-corrected chi connectivity index (χ2v) is 8.19. The van der Waals surface area contributed by atoms with Gasteiger partial charge in [-0.3, -0.25) is 4.79 Å². The zero-order chi connectivity index (χ0) is 19.5. The van der Waals surface area contributed by atoms with E-state index >= 15 is 0 Å². The van der Waals surface area contributed by atoms with E-state index in [0.29, 0.717) is 33.4 Å². The van der Waals surface area contributed by atoms with E-state index in [-0.39, 0.29) is 11.8 Å². The molecule has 1 N–H and O–H groups in total. The van der Waals surface area contributed by atoms with Crippen LogP contribution in [0.15, 0.2) is 42.0 Å². The highest BCUT2D eigenvalue weighted by Gasteiger charge is 2.27. The van der Waals surface area contributed by atoms with E-state index in [1.807, 2.05) is 11.4 Å². The van der Waals surface area contributed by atoms with Crippen LogP contribution >= 0.6 is 34.5 Å². The zero-order valence-electron chi connectivity index (χ0n) is 14.8. The first-order chi connectivity index (χ1) is 13.6. The molecule has 1 amide bonds. The minimum Gasteiger partial charge on any atom is -0.340 e. The van der Waals surface area contributed by atoms with Crippen molar-refractivity contribution in [3.8, 4) is 11.3 Å². The van der Waals surface area contributed by atoms with Gasteiger partial charge in [0, 0.05) is 41.4 Å². The Bertz CT molecular complexity index is 981. The van der Waals surface area contributed by atoms with Gasteiger partial charge in [-0.1, -0.05) is 23.2 Å². The summed E-state index contributed by atoms with van der Waals surface area (Å²) < 4.78 is 0. The van der Waals surface area contributed by atoms with E-state index < -0.39 is 0 Å². The monoisotopic (exact) mass is 433 g/mol. The SMILES string of the molecule is O=C(Nc1nc(-c2ccc(Cl)cc2Cl)cs1)C1CCCN(c2ncccn2)C1. The molecule has 0 aliphatic carbocycles. The number of anilines is 2. The van der Waals surface area contributed by atoms with Crippen LogP contribution in [0.4, 0.5) is 11.1 Å². The molecule has 28 heavy (non-hydrogen) atoms. The van der Waals surface area contributed by atoms with Crippen LogP contribution in [0.3, 0.4) is 0 Å². The number of rotatable bonds is 4. The summed E-state index contributed by atoms with van der Waals surface area (Å²) in [6.07, 6.45) is 5.17. The molecule has 4 rings (SSSR count). The summed E-state index contributed by atoms with van der Waals surface area (Å²) in [5.74, 6) is 0.488. The van der Waals surface area contributed by atoms with Crippen molar-refractivity contribution in [1.82, 2.24) is 15.0 Å². The summed E-state index contributed by atoms with van der Waals surface area (Å²) in [6, 6.07) is 7.05. The number of halogens is 2. The van der Waals surface area contributed by atoms with Crippen LogP contribution in [0, 0.1) is 5.92 Å². The third-order valence-electron chi connectivity index (χ3n) is 4.57. The van der Waals surface area contributed by atoms with Crippen molar-refractivity contribution in [3.63, 3.8) is 0 Å². The van der Waals surface area contributed by atoms with E-state index in [1.165, 1.54) is 11.3 Å². The van der Waals surface area contributed by atoms with E-state index in [0.717, 1.165) is 24.9 Å². The molecule has 2 aromatic heterocycles. The molecule has 1 aliphatic rings. The average Bonchev–Trinajstić information content (AvgIpc) is 3.17. The predicted octanol–water partition coefficient (Wildman–Crippen LogP) is 4.76. The fourth-order valence-corrected chi connectivity index (χ4v) is 4.41. The third-order valence-corrected chi connectivity index (χ3v) is 5.87. The van der Waals surface area contributed by atoms with Crippen molar-refractivity contribution in [2.24, 2.45) is 5.92 Å². The van der Waals surface area contributed by atoms with E-state index in [4.69, 9.17) is 23.2 Å². The molecule has 1 saturated heterocycles. The number of aromatic nitrogens is 3. The molecule has 1 aliphatic heterocycles. The normalized spacial score (nSPS) is 16.8. The number of piperidine rings is 1. The molecule has 144 valence electrons. The molecule has 9 heteroatoms. The molecular weight excluding hydrogens is 417 g/mol. The summed E-state index contributed by atoms with van der Waals surface area (Å²) in [4.78, 5) is 27.9. The van der Waals surface area contributed by atoms with E-state index in [2.05, 4.69) is 25.2 Å². The van der Waals surface area contributed by atoms with Gasteiger partial charge < -0.3 is 10.2 Å². The quantitative estimate of drug-likeness (QED) is 0.641. The highest BCUT2D eigenvalue weighted by Crippen LogP contribution is 2.32. The summed E-state index contributed by atoms with van der Waals surface area (Å²) in [5, 5.41) is 6.46. The summed E-state index contributed by atoms with van der Waals surface area (Å²) in [5.41, 5.74) is 1.50. The Morgan fingerprint density at radius 1 is 1.25 bits per heavy atom. The van der Waals surface area contributed by atoms with E-state index in [1.54, 1.807) is 30.6 Å². The highest BCUT2D eigenvalue weighted by atomic mass is 35.5. The van der Waals surface area contributed by atoms with Gasteiger partial charge in [-0.25, -0.2) is 15.0 Å². The van der Waals surface area contributed by atoms with Gasteiger partial charge >= 0.3 is 0 Å². The van der Waals surface area contributed by atoms with Gasteiger partial charge in [-0.05, 0) is 37.1 Å². The molecular formula is C19H17Cl2N5OS. The molecule has 1 atom stereocenters. The zero-order valence-corrected chi connectivity index (χ0v) is 17.1. The van der Waals surface area contributed by atoms with Crippen molar-refractivity contribution in [2.75, 3.05) is 23.3 Å². The van der Waals surface area contributed by atoms with Gasteiger partial charge in [0.15, 0.2) is 5.13 Å². The van der Waals surface area contributed by atoms with Crippen LogP contribution in [0.5, 0.6) is 0 Å². The van der Waals surface area contributed by atoms with Crippen LogP contribution in [-0.2, 0) is 4.79 Å². The second-order valence-electron chi connectivity index (χ2n) is 6.49. The first-order valence-electron chi connectivity index (χ1n) is 8.84. The van der Waals surface area contributed by atoms with Crippen LogP contribution in [0.2, 0.25) is 10.0 Å². The lowest BCUT2D eigenvalue weighted by atomic mass is 9.97. The van der Waals surface area contributed by atoms with Gasteiger partial charge in [0.1, 0.15) is 0 Å². The number of benzene rings is 1. The van der Waals surface area contributed by atoms with Crippen molar-refractivity contribution in [3.05, 3.63) is 52.1 Å². The summed E-state index contributed by atoms with van der Waals surface area (Å²) in [6.45, 7) is 1.45. The summed E-state index contributed by atoms with van der Waals surface area (Å²) in [7, 11) is 0. The maximum absolute atomic E-state index is 12.7. The van der Waals surface area contributed by atoms with Crippen LogP contribution in [-0.4, -0.2) is 33.9 Å². The third kappa shape index (κ3) is 4.27. The summed E-state index contributed by atoms with van der Waals surface area (Å²) >= 11 is 13.6. The van der Waals surface area contributed by atoms with Crippen molar-refractivity contribution >= 4 is 51.5 Å². The van der Waals surface area contributed by atoms with Gasteiger partial charge in [0.05, 0.1) is 16.6 Å². The molecule has 1 fully saturated rings. The molecule has 1 aromatic carbocycles. The number of nitrogens with one attached hydrogen (secondary N) is 1. The maximum atomic E-state index is 12.7. The largest absolute Gasteiger partial charge is 0.340 e. The molecule has 0 bridgehead atoms. The Hall–Kier alpha value is -2.22. The lowest BCUT2D eigenvalue weighted by molar-refractivity contribution is -0.120. The molecule has 0 spiro atoms. The van der Waals surface area contributed by atoms with Crippen molar-refractivity contribution in [1.29, 1.82) is 0 Å². The predicted molar refractivity (Wildman–Crippen MR) is 113 cm³/mol. The number of nitrogens with zero attached hydrogens (tertiary/aromatic N) is 4. The fraction of sp³-hybridized carbons (Fsp3) is 0.263. The number of thiazole rings is 1. The average molecular weight is 434 g/mol. The van der Waals surface area contributed by atoms with Crippen molar-refractivity contribution in [2.45, 2.75) is 12.8 Å². The number of carbonyl (C=O) groups is 1.